The number of halogens is 1. The van der Waals surface area contributed by atoms with Gasteiger partial charge in [-0.1, -0.05) is 6.07 Å². The van der Waals surface area contributed by atoms with Gasteiger partial charge < -0.3 is 20.4 Å². The lowest BCUT2D eigenvalue weighted by Crippen LogP contribution is -2.45. The quantitative estimate of drug-likeness (QED) is 0.817. The highest BCUT2D eigenvalue weighted by Gasteiger charge is 2.13. The van der Waals surface area contributed by atoms with Crippen molar-refractivity contribution in [3.8, 4) is 0 Å². The number of likely N-dealkylation sites (N-methyl/N-ethyl adjacent to an activating group) is 1. The normalized spacial score (nSPS) is 16.5. The summed E-state index contributed by atoms with van der Waals surface area (Å²) < 4.78 is 13.6. The molecule has 1 aromatic carbocycles. The second-order valence-corrected chi connectivity index (χ2v) is 5.86. The third-order valence-corrected chi connectivity index (χ3v) is 3.91. The summed E-state index contributed by atoms with van der Waals surface area (Å²) in [6, 6.07) is 4.39. The Kier molecular flexibility index (Phi) is 6.15. The van der Waals surface area contributed by atoms with Gasteiger partial charge in [0.05, 0.1) is 5.69 Å². The van der Waals surface area contributed by atoms with E-state index in [1.54, 1.807) is 12.1 Å². The number of rotatable bonds is 5. The zero-order valence-electron chi connectivity index (χ0n) is 13.4. The fourth-order valence-corrected chi connectivity index (χ4v) is 2.46. The van der Waals surface area contributed by atoms with Gasteiger partial charge >= 0.3 is 6.03 Å². The molecular formula is C16H25FN4O. The molecule has 1 aromatic rings. The van der Waals surface area contributed by atoms with E-state index < -0.39 is 5.82 Å². The molecule has 2 N–H and O–H groups in total. The first-order chi connectivity index (χ1) is 10.5. The van der Waals surface area contributed by atoms with E-state index in [0.717, 1.165) is 44.7 Å². The highest BCUT2D eigenvalue weighted by molar-refractivity contribution is 5.89. The van der Waals surface area contributed by atoms with E-state index in [1.165, 1.54) is 6.07 Å². The Morgan fingerprint density at radius 1 is 1.27 bits per heavy atom. The number of anilines is 1. The van der Waals surface area contributed by atoms with Crippen molar-refractivity contribution in [2.24, 2.45) is 0 Å². The first-order valence-corrected chi connectivity index (χ1v) is 7.76. The maximum absolute atomic E-state index is 13.6. The van der Waals surface area contributed by atoms with Crippen molar-refractivity contribution in [1.29, 1.82) is 0 Å². The highest BCUT2D eigenvalue weighted by Crippen LogP contribution is 2.14. The molecule has 0 aliphatic carbocycles. The minimum atomic E-state index is -0.410. The van der Waals surface area contributed by atoms with Crippen LogP contribution in [0.15, 0.2) is 18.2 Å². The Morgan fingerprint density at radius 2 is 2.00 bits per heavy atom. The number of aryl methyl sites for hydroxylation is 1. The van der Waals surface area contributed by atoms with Crippen LogP contribution in [-0.2, 0) is 0 Å². The molecule has 0 unspecified atom stereocenters. The molecule has 2 amide bonds. The molecule has 0 spiro atoms. The van der Waals surface area contributed by atoms with Crippen LogP contribution < -0.4 is 10.6 Å². The van der Waals surface area contributed by atoms with Gasteiger partial charge in [0.15, 0.2) is 0 Å². The van der Waals surface area contributed by atoms with Gasteiger partial charge in [-0.05, 0) is 44.6 Å². The number of nitrogens with one attached hydrogen (secondary N) is 2. The zero-order chi connectivity index (χ0) is 15.9. The number of carbonyl (C=O) groups excluding carboxylic acids is 1. The van der Waals surface area contributed by atoms with Gasteiger partial charge in [-0.2, -0.15) is 0 Å². The van der Waals surface area contributed by atoms with Crippen molar-refractivity contribution >= 4 is 11.7 Å². The first kappa shape index (κ1) is 16.7. The number of urea groups is 1. The molecule has 1 saturated heterocycles. The molecule has 122 valence electrons. The number of piperazine rings is 1. The monoisotopic (exact) mass is 308 g/mol. The van der Waals surface area contributed by atoms with Crippen LogP contribution in [0.2, 0.25) is 0 Å². The molecule has 1 heterocycles. The average Bonchev–Trinajstić information content (AvgIpc) is 2.48. The van der Waals surface area contributed by atoms with Gasteiger partial charge in [-0.3, -0.25) is 0 Å². The summed E-state index contributed by atoms with van der Waals surface area (Å²) in [5.41, 5.74) is 1.04. The minimum absolute atomic E-state index is 0.210. The first-order valence-electron chi connectivity index (χ1n) is 7.76. The van der Waals surface area contributed by atoms with Gasteiger partial charge in [0.2, 0.25) is 0 Å². The zero-order valence-corrected chi connectivity index (χ0v) is 13.4. The number of benzene rings is 1. The Morgan fingerprint density at radius 3 is 2.68 bits per heavy atom. The maximum atomic E-state index is 13.6. The SMILES string of the molecule is Cc1ccc(NC(=O)NCCCN2CCN(C)CC2)c(F)c1. The second-order valence-electron chi connectivity index (χ2n) is 5.86. The van der Waals surface area contributed by atoms with Crippen molar-refractivity contribution in [3.05, 3.63) is 29.6 Å². The summed E-state index contributed by atoms with van der Waals surface area (Å²) in [6.45, 7) is 7.74. The van der Waals surface area contributed by atoms with Crippen LogP contribution in [0, 0.1) is 12.7 Å². The Labute approximate surface area is 131 Å². The molecule has 0 atom stereocenters. The van der Waals surface area contributed by atoms with Crippen molar-refractivity contribution in [2.75, 3.05) is 51.6 Å². The highest BCUT2D eigenvalue weighted by atomic mass is 19.1. The predicted octanol–water partition coefficient (Wildman–Crippen LogP) is 1.89. The molecule has 22 heavy (non-hydrogen) atoms. The molecule has 0 bridgehead atoms. The molecule has 5 nitrogen and oxygen atoms in total. The lowest BCUT2D eigenvalue weighted by molar-refractivity contribution is 0.153. The number of hydrogen-bond donors (Lipinski definition) is 2. The van der Waals surface area contributed by atoms with Crippen molar-refractivity contribution in [2.45, 2.75) is 13.3 Å². The summed E-state index contributed by atoms with van der Waals surface area (Å²) in [4.78, 5) is 16.5. The summed E-state index contributed by atoms with van der Waals surface area (Å²) in [5, 5.41) is 5.30. The van der Waals surface area contributed by atoms with Gasteiger partial charge in [0.25, 0.3) is 0 Å². The van der Waals surface area contributed by atoms with E-state index in [9.17, 15) is 9.18 Å². The van der Waals surface area contributed by atoms with E-state index in [-0.39, 0.29) is 11.7 Å². The fourth-order valence-electron chi connectivity index (χ4n) is 2.46. The van der Waals surface area contributed by atoms with Gasteiger partial charge in [0, 0.05) is 32.7 Å². The standard InChI is InChI=1S/C16H25FN4O/c1-13-4-5-15(14(17)12-13)19-16(22)18-6-3-7-21-10-8-20(2)9-11-21/h4-5,12H,3,6-11H2,1-2H3,(H2,18,19,22). The van der Waals surface area contributed by atoms with Crippen LogP contribution in [0.1, 0.15) is 12.0 Å². The van der Waals surface area contributed by atoms with Crippen molar-refractivity contribution < 1.29 is 9.18 Å². The van der Waals surface area contributed by atoms with Gasteiger partial charge in [0.1, 0.15) is 5.82 Å². The van der Waals surface area contributed by atoms with E-state index in [0.29, 0.717) is 6.54 Å². The Hall–Kier alpha value is -1.66. The lowest BCUT2D eigenvalue weighted by atomic mass is 10.2. The van der Waals surface area contributed by atoms with Crippen molar-refractivity contribution in [3.63, 3.8) is 0 Å². The largest absolute Gasteiger partial charge is 0.338 e. The van der Waals surface area contributed by atoms with Crippen LogP contribution in [0.4, 0.5) is 14.9 Å². The minimum Gasteiger partial charge on any atom is -0.338 e. The fraction of sp³-hybridized carbons (Fsp3) is 0.562. The number of hydrogen-bond acceptors (Lipinski definition) is 3. The number of amides is 2. The smallest absolute Gasteiger partial charge is 0.319 e. The molecular weight excluding hydrogens is 283 g/mol. The van der Waals surface area contributed by atoms with Crippen LogP contribution in [0.3, 0.4) is 0 Å². The molecule has 6 heteroatoms. The third kappa shape index (κ3) is 5.27. The summed E-state index contributed by atoms with van der Waals surface area (Å²) in [7, 11) is 2.13. The number of nitrogens with zero attached hydrogens (tertiary/aromatic N) is 2. The second kappa shape index (κ2) is 8.10. The molecule has 1 fully saturated rings. The molecule has 0 radical (unpaired) electrons. The molecule has 1 aliphatic heterocycles. The summed E-state index contributed by atoms with van der Waals surface area (Å²) in [6.07, 6.45) is 0.896. The van der Waals surface area contributed by atoms with Crippen LogP contribution in [-0.4, -0.2) is 62.1 Å². The molecule has 0 aromatic heterocycles. The Bertz CT molecular complexity index is 501. The third-order valence-electron chi connectivity index (χ3n) is 3.91. The predicted molar refractivity (Wildman–Crippen MR) is 86.7 cm³/mol. The van der Waals surface area contributed by atoms with Crippen LogP contribution >= 0.6 is 0 Å². The molecule has 0 saturated carbocycles. The summed E-state index contributed by atoms with van der Waals surface area (Å²) >= 11 is 0. The lowest BCUT2D eigenvalue weighted by Gasteiger charge is -2.32. The Balaban J connectivity index is 1.63. The van der Waals surface area contributed by atoms with Gasteiger partial charge in [-0.15, -0.1) is 0 Å². The average molecular weight is 308 g/mol. The van der Waals surface area contributed by atoms with Gasteiger partial charge in [-0.25, -0.2) is 9.18 Å². The van der Waals surface area contributed by atoms with E-state index >= 15 is 0 Å². The van der Waals surface area contributed by atoms with E-state index in [4.69, 9.17) is 0 Å². The maximum Gasteiger partial charge on any atom is 0.319 e. The van der Waals surface area contributed by atoms with Crippen molar-refractivity contribution in [1.82, 2.24) is 15.1 Å². The summed E-state index contributed by atoms with van der Waals surface area (Å²) in [5.74, 6) is -0.410. The topological polar surface area (TPSA) is 47.6 Å². The number of carbonyl (C=O) groups is 1. The molecule has 2 rings (SSSR count). The molecule has 1 aliphatic rings. The van der Waals surface area contributed by atoms with E-state index in [2.05, 4.69) is 27.5 Å². The van der Waals surface area contributed by atoms with E-state index in [1.807, 2.05) is 6.92 Å². The van der Waals surface area contributed by atoms with Crippen LogP contribution in [0.5, 0.6) is 0 Å². The van der Waals surface area contributed by atoms with Crippen LogP contribution in [0.25, 0.3) is 0 Å².